The molecule has 0 saturated heterocycles. The fourth-order valence-electron chi connectivity index (χ4n) is 0.565. The summed E-state index contributed by atoms with van der Waals surface area (Å²) in [4.78, 5) is 10.7. The molecule has 0 aliphatic heterocycles. The van der Waals surface area contributed by atoms with Crippen molar-refractivity contribution < 1.29 is 9.53 Å². The molecule has 0 aliphatic carbocycles. The molecule has 0 spiro atoms. The summed E-state index contributed by atoms with van der Waals surface area (Å²) >= 11 is 0. The summed E-state index contributed by atoms with van der Waals surface area (Å²) in [5.41, 5.74) is 10.8. The first-order chi connectivity index (χ1) is 4.63. The number of hydrogen-bond donors (Lipinski definition) is 2. The Hall–Kier alpha value is -0.320. The number of ether oxygens (including phenoxy) is 1. The zero-order valence-electron chi connectivity index (χ0n) is 6.74. The van der Waals surface area contributed by atoms with Crippen LogP contribution in [0.2, 0.25) is 0 Å². The number of rotatable bonds is 3. The highest BCUT2D eigenvalue weighted by molar-refractivity contribution is 5.85. The molecule has 68 valence electrons. The summed E-state index contributed by atoms with van der Waals surface area (Å²) in [6.07, 6.45) is 0.677. The molecule has 5 heteroatoms. The number of hydrogen-bond acceptors (Lipinski definition) is 4. The van der Waals surface area contributed by atoms with E-state index in [0.29, 0.717) is 6.42 Å². The van der Waals surface area contributed by atoms with Crippen LogP contribution < -0.4 is 11.5 Å². The predicted molar refractivity (Wildman–Crippen MR) is 45.5 cm³/mol. The minimum absolute atomic E-state index is 0. The van der Waals surface area contributed by atoms with Crippen molar-refractivity contribution in [3.05, 3.63) is 0 Å². The fraction of sp³-hybridized carbons (Fsp3) is 0.833. The van der Waals surface area contributed by atoms with Crippen LogP contribution in [-0.2, 0) is 9.53 Å². The summed E-state index contributed by atoms with van der Waals surface area (Å²) in [6.45, 7) is 1.87. The van der Waals surface area contributed by atoms with Crippen LogP contribution in [0.25, 0.3) is 0 Å². The third kappa shape index (κ3) is 4.19. The van der Waals surface area contributed by atoms with Crippen molar-refractivity contribution in [2.75, 3.05) is 7.11 Å². The lowest BCUT2D eigenvalue weighted by Crippen LogP contribution is -2.47. The molecule has 0 aliphatic rings. The van der Waals surface area contributed by atoms with Gasteiger partial charge in [-0.25, -0.2) is 0 Å². The van der Waals surface area contributed by atoms with Gasteiger partial charge in [0.25, 0.3) is 0 Å². The maximum absolute atomic E-state index is 10.7. The molecule has 4 N–H and O–H groups in total. The van der Waals surface area contributed by atoms with Gasteiger partial charge in [0.15, 0.2) is 0 Å². The zero-order chi connectivity index (χ0) is 8.15. The van der Waals surface area contributed by atoms with Gasteiger partial charge in [0.1, 0.15) is 6.04 Å². The van der Waals surface area contributed by atoms with Crippen LogP contribution in [-0.4, -0.2) is 25.2 Å². The predicted octanol–water partition coefficient (Wildman–Crippen LogP) is -0.354. The second-order valence-electron chi connectivity index (χ2n) is 2.12. The Bertz CT molecular complexity index is 121. The quantitative estimate of drug-likeness (QED) is 0.585. The van der Waals surface area contributed by atoms with Gasteiger partial charge in [0.05, 0.1) is 7.11 Å². The van der Waals surface area contributed by atoms with Gasteiger partial charge < -0.3 is 16.2 Å². The van der Waals surface area contributed by atoms with Crippen molar-refractivity contribution in [1.29, 1.82) is 0 Å². The van der Waals surface area contributed by atoms with E-state index in [9.17, 15) is 4.79 Å². The van der Waals surface area contributed by atoms with E-state index in [1.165, 1.54) is 7.11 Å². The number of esters is 1. The minimum Gasteiger partial charge on any atom is -0.468 e. The van der Waals surface area contributed by atoms with Crippen LogP contribution >= 0.6 is 12.4 Å². The number of nitrogens with two attached hydrogens (primary N) is 2. The van der Waals surface area contributed by atoms with Gasteiger partial charge in [-0.15, -0.1) is 12.4 Å². The summed E-state index contributed by atoms with van der Waals surface area (Å²) in [6, 6.07) is -0.984. The van der Waals surface area contributed by atoms with E-state index in [0.717, 1.165) is 0 Å². The highest BCUT2D eigenvalue weighted by Crippen LogP contribution is 1.93. The summed E-state index contributed by atoms with van der Waals surface area (Å²) in [7, 11) is 1.30. The normalized spacial score (nSPS) is 14.5. The monoisotopic (exact) mass is 182 g/mol. The van der Waals surface area contributed by atoms with E-state index >= 15 is 0 Å². The topological polar surface area (TPSA) is 78.3 Å². The second kappa shape index (κ2) is 6.39. The second-order valence-corrected chi connectivity index (χ2v) is 2.12. The van der Waals surface area contributed by atoms with Crippen molar-refractivity contribution in [2.24, 2.45) is 11.5 Å². The maximum Gasteiger partial charge on any atom is 0.324 e. The summed E-state index contributed by atoms with van der Waals surface area (Å²) in [5.74, 6) is -0.450. The molecule has 11 heavy (non-hydrogen) atoms. The third-order valence-electron chi connectivity index (χ3n) is 1.41. The lowest BCUT2D eigenvalue weighted by atomic mass is 10.1. The van der Waals surface area contributed by atoms with Crippen LogP contribution in [0.1, 0.15) is 13.3 Å². The third-order valence-corrected chi connectivity index (χ3v) is 1.41. The van der Waals surface area contributed by atoms with Crippen LogP contribution in [0, 0.1) is 0 Å². The Morgan fingerprint density at radius 1 is 1.55 bits per heavy atom. The fourth-order valence-corrected chi connectivity index (χ4v) is 0.565. The van der Waals surface area contributed by atoms with Gasteiger partial charge >= 0.3 is 5.97 Å². The van der Waals surface area contributed by atoms with E-state index in [4.69, 9.17) is 11.5 Å². The van der Waals surface area contributed by atoms with Gasteiger partial charge in [-0.05, 0) is 6.42 Å². The largest absolute Gasteiger partial charge is 0.468 e. The molecule has 4 nitrogen and oxygen atoms in total. The van der Waals surface area contributed by atoms with Crippen molar-refractivity contribution >= 4 is 18.4 Å². The molecule has 0 aromatic heterocycles. The van der Waals surface area contributed by atoms with E-state index in [1.807, 2.05) is 6.92 Å². The average molecular weight is 183 g/mol. The molecule has 0 heterocycles. The van der Waals surface area contributed by atoms with E-state index in [1.54, 1.807) is 0 Å². The molecule has 0 aromatic carbocycles. The van der Waals surface area contributed by atoms with Crippen LogP contribution in [0.4, 0.5) is 0 Å². The molecular formula is C6H15ClN2O2. The number of methoxy groups -OCH3 is 1. The van der Waals surface area contributed by atoms with Crippen molar-refractivity contribution in [3.63, 3.8) is 0 Å². The number of halogens is 1. The summed E-state index contributed by atoms with van der Waals surface area (Å²) in [5, 5.41) is 0. The molecule has 0 amide bonds. The Balaban J connectivity index is 0. The first-order valence-electron chi connectivity index (χ1n) is 3.22. The molecule has 0 saturated carbocycles. The Morgan fingerprint density at radius 2 is 2.00 bits per heavy atom. The molecular weight excluding hydrogens is 168 g/mol. The molecule has 0 radical (unpaired) electrons. The molecule has 0 aromatic rings. The summed E-state index contributed by atoms with van der Waals surface area (Å²) < 4.78 is 4.39. The maximum atomic E-state index is 10.7. The standard InChI is InChI=1S/C6H14N2O2.ClH/c1-3-4(7)5(8)6(9)10-2;/h4-5H,3,7-8H2,1-2H3;1H/t4-,5+;/m0./s1. The van der Waals surface area contributed by atoms with Gasteiger partial charge in [-0.2, -0.15) is 0 Å². The van der Waals surface area contributed by atoms with E-state index in [2.05, 4.69) is 4.74 Å². The first-order valence-corrected chi connectivity index (χ1v) is 3.22. The molecule has 0 bridgehead atoms. The smallest absolute Gasteiger partial charge is 0.324 e. The number of carbonyl (C=O) groups excluding carboxylic acids is 1. The molecule has 0 unspecified atom stereocenters. The van der Waals surface area contributed by atoms with Crippen LogP contribution in [0.5, 0.6) is 0 Å². The first kappa shape index (κ1) is 13.3. The van der Waals surface area contributed by atoms with Crippen LogP contribution in [0.15, 0.2) is 0 Å². The van der Waals surface area contributed by atoms with Crippen molar-refractivity contribution in [1.82, 2.24) is 0 Å². The van der Waals surface area contributed by atoms with Crippen molar-refractivity contribution in [3.8, 4) is 0 Å². The van der Waals surface area contributed by atoms with Crippen LogP contribution in [0.3, 0.4) is 0 Å². The molecule has 0 fully saturated rings. The SMILES string of the molecule is CC[C@H](N)[C@@H](N)C(=O)OC.Cl. The molecule has 2 atom stereocenters. The van der Waals surface area contributed by atoms with Gasteiger partial charge in [-0.1, -0.05) is 6.92 Å². The van der Waals surface area contributed by atoms with E-state index in [-0.39, 0.29) is 18.4 Å². The lowest BCUT2D eigenvalue weighted by molar-refractivity contribution is -0.142. The minimum atomic E-state index is -0.685. The molecule has 0 rings (SSSR count). The average Bonchev–Trinajstić information content (AvgIpc) is 2.00. The Morgan fingerprint density at radius 3 is 2.27 bits per heavy atom. The zero-order valence-corrected chi connectivity index (χ0v) is 7.56. The van der Waals surface area contributed by atoms with Gasteiger partial charge in [0, 0.05) is 6.04 Å². The number of carbonyl (C=O) groups is 1. The highest BCUT2D eigenvalue weighted by Gasteiger charge is 2.19. The van der Waals surface area contributed by atoms with E-state index < -0.39 is 12.0 Å². The Labute approximate surface area is 72.7 Å². The highest BCUT2D eigenvalue weighted by atomic mass is 35.5. The van der Waals surface area contributed by atoms with Gasteiger partial charge in [0.2, 0.25) is 0 Å². The Kier molecular flexibility index (Phi) is 7.72. The van der Waals surface area contributed by atoms with Gasteiger partial charge in [-0.3, -0.25) is 4.79 Å². The van der Waals surface area contributed by atoms with Crippen molar-refractivity contribution in [2.45, 2.75) is 25.4 Å². The lowest BCUT2D eigenvalue weighted by Gasteiger charge is -2.14.